The van der Waals surface area contributed by atoms with E-state index in [1.807, 2.05) is 6.07 Å². The van der Waals surface area contributed by atoms with E-state index in [0.29, 0.717) is 5.69 Å². The lowest BCUT2D eigenvalue weighted by Gasteiger charge is -2.27. The molecule has 1 aromatic heterocycles. The third-order valence-electron chi connectivity index (χ3n) is 5.69. The van der Waals surface area contributed by atoms with E-state index in [4.69, 9.17) is 4.74 Å². The van der Waals surface area contributed by atoms with Gasteiger partial charge in [-0.25, -0.2) is 4.39 Å². The zero-order chi connectivity index (χ0) is 19.2. The summed E-state index contributed by atoms with van der Waals surface area (Å²) in [7, 11) is 0. The van der Waals surface area contributed by atoms with Gasteiger partial charge in [-0.3, -0.25) is 0 Å². The van der Waals surface area contributed by atoms with Gasteiger partial charge >= 0.3 is 0 Å². The predicted molar refractivity (Wildman–Crippen MR) is 103 cm³/mol. The van der Waals surface area contributed by atoms with Gasteiger partial charge in [0.15, 0.2) is 11.6 Å². The van der Waals surface area contributed by atoms with E-state index in [1.165, 1.54) is 44.2 Å². The van der Waals surface area contributed by atoms with Crippen LogP contribution in [0.2, 0.25) is 0 Å². The van der Waals surface area contributed by atoms with Crippen LogP contribution in [0.25, 0.3) is 11.3 Å². The van der Waals surface area contributed by atoms with Crippen molar-refractivity contribution in [1.82, 2.24) is 10.2 Å². The molecule has 1 heterocycles. The summed E-state index contributed by atoms with van der Waals surface area (Å²) in [4.78, 5) is 0. The molecule has 0 unspecified atom stereocenters. The number of aryl methyl sites for hydroxylation is 1. The second-order valence-corrected chi connectivity index (χ2v) is 7.42. The maximum atomic E-state index is 14.3. The molecule has 3 nitrogen and oxygen atoms in total. The van der Waals surface area contributed by atoms with E-state index in [1.54, 1.807) is 13.0 Å². The number of rotatable bonds is 7. The first-order chi connectivity index (χ1) is 13.1. The zero-order valence-electron chi connectivity index (χ0n) is 16.2. The molecule has 0 atom stereocenters. The molecule has 1 aromatic carbocycles. The Kier molecular flexibility index (Phi) is 6.75. The molecule has 0 spiro atoms. The number of nitrogens with zero attached hydrogens (tertiary/aromatic N) is 2. The van der Waals surface area contributed by atoms with Crippen LogP contribution in [0.15, 0.2) is 24.3 Å². The van der Waals surface area contributed by atoms with Gasteiger partial charge in [0.05, 0.1) is 18.0 Å². The molecular weight excluding hydrogens is 346 g/mol. The molecule has 0 aliphatic heterocycles. The summed E-state index contributed by atoms with van der Waals surface area (Å²) >= 11 is 0. The molecule has 0 radical (unpaired) electrons. The van der Waals surface area contributed by atoms with Crippen molar-refractivity contribution in [2.45, 2.75) is 58.8 Å². The molecule has 5 heteroatoms. The maximum Gasteiger partial charge on any atom is 0.201 e. The molecule has 27 heavy (non-hydrogen) atoms. The van der Waals surface area contributed by atoms with E-state index < -0.39 is 11.6 Å². The van der Waals surface area contributed by atoms with Gasteiger partial charge in [-0.2, -0.15) is 14.6 Å². The summed E-state index contributed by atoms with van der Waals surface area (Å²) in [5, 5.41) is 8.35. The van der Waals surface area contributed by atoms with Crippen LogP contribution in [0.5, 0.6) is 5.75 Å². The van der Waals surface area contributed by atoms with Crippen LogP contribution in [0.3, 0.4) is 0 Å². The van der Waals surface area contributed by atoms with Crippen LogP contribution >= 0.6 is 0 Å². The van der Waals surface area contributed by atoms with E-state index in [2.05, 4.69) is 17.1 Å². The molecule has 3 rings (SSSR count). The molecule has 146 valence electrons. The third-order valence-corrected chi connectivity index (χ3v) is 5.69. The van der Waals surface area contributed by atoms with Gasteiger partial charge in [-0.15, -0.1) is 0 Å². The number of hydrogen-bond donors (Lipinski definition) is 0. The van der Waals surface area contributed by atoms with E-state index >= 15 is 0 Å². The fraction of sp³-hybridized carbons (Fsp3) is 0.545. The molecule has 1 aliphatic carbocycles. The topological polar surface area (TPSA) is 35.0 Å². The zero-order valence-corrected chi connectivity index (χ0v) is 16.2. The average Bonchev–Trinajstić information content (AvgIpc) is 2.71. The SMILES string of the molecule is CCOc1ccc(-c2ccc(CCC3CCC(CC)CC3)nn2)c(F)c1F. The summed E-state index contributed by atoms with van der Waals surface area (Å²) in [6, 6.07) is 6.50. The second kappa shape index (κ2) is 9.25. The number of aromatic nitrogens is 2. The molecule has 1 aliphatic rings. The molecule has 0 saturated heterocycles. The van der Waals surface area contributed by atoms with Crippen molar-refractivity contribution < 1.29 is 13.5 Å². The van der Waals surface area contributed by atoms with Crippen LogP contribution < -0.4 is 4.74 Å². The van der Waals surface area contributed by atoms with Gasteiger partial charge in [0.1, 0.15) is 0 Å². The van der Waals surface area contributed by atoms with Crippen LogP contribution in [-0.4, -0.2) is 16.8 Å². The highest BCUT2D eigenvalue weighted by molar-refractivity contribution is 5.61. The molecule has 0 amide bonds. The first-order valence-corrected chi connectivity index (χ1v) is 10.1. The minimum Gasteiger partial charge on any atom is -0.491 e. The maximum absolute atomic E-state index is 14.3. The fourth-order valence-electron chi connectivity index (χ4n) is 3.91. The predicted octanol–water partition coefficient (Wildman–Crippen LogP) is 5.97. The Morgan fingerprint density at radius 3 is 2.30 bits per heavy atom. The third kappa shape index (κ3) is 4.82. The highest BCUT2D eigenvalue weighted by Crippen LogP contribution is 2.33. The minimum atomic E-state index is -0.983. The number of benzene rings is 1. The van der Waals surface area contributed by atoms with E-state index in [-0.39, 0.29) is 17.9 Å². The number of ether oxygens (including phenoxy) is 1. The smallest absolute Gasteiger partial charge is 0.201 e. The molecule has 1 saturated carbocycles. The van der Waals surface area contributed by atoms with Gasteiger partial charge in [0.2, 0.25) is 5.82 Å². The highest BCUT2D eigenvalue weighted by Gasteiger charge is 2.20. The van der Waals surface area contributed by atoms with Crippen LogP contribution in [0.1, 0.15) is 58.1 Å². The first-order valence-electron chi connectivity index (χ1n) is 10.1. The Morgan fingerprint density at radius 1 is 0.926 bits per heavy atom. The quantitative estimate of drug-likeness (QED) is 0.599. The van der Waals surface area contributed by atoms with Crippen molar-refractivity contribution in [3.8, 4) is 17.0 Å². The van der Waals surface area contributed by atoms with Gasteiger partial charge in [0.25, 0.3) is 0 Å². The summed E-state index contributed by atoms with van der Waals surface area (Å²) in [6.07, 6.45) is 8.60. The largest absolute Gasteiger partial charge is 0.491 e. The fourth-order valence-corrected chi connectivity index (χ4v) is 3.91. The van der Waals surface area contributed by atoms with E-state index in [9.17, 15) is 8.78 Å². The summed E-state index contributed by atoms with van der Waals surface area (Å²) in [5.41, 5.74) is 1.35. The average molecular weight is 374 g/mol. The minimum absolute atomic E-state index is 0.0823. The number of halogens is 2. The van der Waals surface area contributed by atoms with Crippen molar-refractivity contribution in [3.05, 3.63) is 41.6 Å². The molecule has 2 aromatic rings. The van der Waals surface area contributed by atoms with Gasteiger partial charge in [0, 0.05) is 5.56 Å². The standard InChI is InChI=1S/C22H28F2N2O/c1-3-15-5-7-16(8-6-15)9-10-17-11-13-19(26-25-17)18-12-14-20(27-4-2)22(24)21(18)23/h11-16H,3-10H2,1-2H3. The molecule has 0 bridgehead atoms. The lowest BCUT2D eigenvalue weighted by Crippen LogP contribution is -2.14. The van der Waals surface area contributed by atoms with Crippen molar-refractivity contribution in [3.63, 3.8) is 0 Å². The number of hydrogen-bond acceptors (Lipinski definition) is 3. The molecule has 0 N–H and O–H groups in total. The first kappa shape index (κ1) is 19.7. The summed E-state index contributed by atoms with van der Waals surface area (Å²) in [6.45, 7) is 4.29. The monoisotopic (exact) mass is 374 g/mol. The lowest BCUT2D eigenvalue weighted by atomic mass is 9.79. The Balaban J connectivity index is 1.61. The normalized spacial score (nSPS) is 19.9. The van der Waals surface area contributed by atoms with Gasteiger partial charge in [-0.05, 0) is 55.9 Å². The molecular formula is C22H28F2N2O. The summed E-state index contributed by atoms with van der Waals surface area (Å²) in [5.74, 6) is -0.337. The van der Waals surface area contributed by atoms with Crippen LogP contribution in [0, 0.1) is 23.5 Å². The van der Waals surface area contributed by atoms with E-state index in [0.717, 1.165) is 30.4 Å². The second-order valence-electron chi connectivity index (χ2n) is 7.42. The van der Waals surface area contributed by atoms with Crippen molar-refractivity contribution in [2.75, 3.05) is 6.61 Å². The Hall–Kier alpha value is -2.04. The Morgan fingerprint density at radius 2 is 1.67 bits per heavy atom. The van der Waals surface area contributed by atoms with Crippen molar-refractivity contribution in [1.29, 1.82) is 0 Å². The van der Waals surface area contributed by atoms with Gasteiger partial charge < -0.3 is 4.74 Å². The van der Waals surface area contributed by atoms with Crippen LogP contribution in [-0.2, 0) is 6.42 Å². The molecule has 1 fully saturated rings. The highest BCUT2D eigenvalue weighted by atomic mass is 19.2. The van der Waals surface area contributed by atoms with Crippen LogP contribution in [0.4, 0.5) is 8.78 Å². The lowest BCUT2D eigenvalue weighted by molar-refractivity contribution is 0.258. The van der Waals surface area contributed by atoms with Crippen molar-refractivity contribution >= 4 is 0 Å². The van der Waals surface area contributed by atoms with Crippen molar-refractivity contribution in [2.24, 2.45) is 11.8 Å². The summed E-state index contributed by atoms with van der Waals surface area (Å²) < 4.78 is 33.4. The Labute approximate surface area is 160 Å². The Bertz CT molecular complexity index is 741. The van der Waals surface area contributed by atoms with Gasteiger partial charge in [-0.1, -0.05) is 39.0 Å².